The molecule has 1 saturated heterocycles. The van der Waals surface area contributed by atoms with E-state index < -0.39 is 0 Å². The lowest BCUT2D eigenvalue weighted by molar-refractivity contribution is -0.129. The number of para-hydroxylation sites is 1. The topological polar surface area (TPSA) is 61.4 Å². The molecule has 1 aromatic carbocycles. The van der Waals surface area contributed by atoms with E-state index in [1.54, 1.807) is 12.4 Å². The molecular formula is C20H27N5O. The number of benzene rings is 1. The molecule has 0 radical (unpaired) electrons. The summed E-state index contributed by atoms with van der Waals surface area (Å²) in [4.78, 5) is 25.2. The van der Waals surface area contributed by atoms with Gasteiger partial charge in [0.2, 0.25) is 11.9 Å². The molecule has 0 atom stereocenters. The van der Waals surface area contributed by atoms with Crippen LogP contribution in [0, 0.1) is 6.92 Å². The third-order valence-corrected chi connectivity index (χ3v) is 4.81. The zero-order valence-corrected chi connectivity index (χ0v) is 15.8. The number of rotatable bonds is 5. The minimum Gasteiger partial charge on any atom is -0.376 e. The Morgan fingerprint density at radius 1 is 1.12 bits per heavy atom. The van der Waals surface area contributed by atoms with Crippen molar-refractivity contribution in [2.45, 2.75) is 26.7 Å². The van der Waals surface area contributed by atoms with E-state index in [9.17, 15) is 4.79 Å². The third kappa shape index (κ3) is 4.12. The number of nitrogens with one attached hydrogen (secondary N) is 1. The molecule has 26 heavy (non-hydrogen) atoms. The summed E-state index contributed by atoms with van der Waals surface area (Å²) in [6.07, 6.45) is 3.50. The molecule has 2 aromatic rings. The Hall–Kier alpha value is -2.63. The first-order valence-electron chi connectivity index (χ1n) is 9.19. The van der Waals surface area contributed by atoms with Gasteiger partial charge < -0.3 is 15.1 Å². The molecule has 1 N–H and O–H groups in total. The highest BCUT2D eigenvalue weighted by molar-refractivity contribution is 5.81. The monoisotopic (exact) mass is 353 g/mol. The van der Waals surface area contributed by atoms with Crippen molar-refractivity contribution in [3.8, 4) is 0 Å². The molecule has 0 saturated carbocycles. The Kier molecular flexibility index (Phi) is 5.71. The molecule has 6 heteroatoms. The Morgan fingerprint density at radius 2 is 1.81 bits per heavy atom. The summed E-state index contributed by atoms with van der Waals surface area (Å²) in [5.74, 6) is 1.29. The van der Waals surface area contributed by atoms with Gasteiger partial charge in [0.25, 0.3) is 0 Å². The van der Waals surface area contributed by atoms with E-state index >= 15 is 0 Å². The summed E-state index contributed by atoms with van der Waals surface area (Å²) >= 11 is 0. The summed E-state index contributed by atoms with van der Waals surface area (Å²) in [6.45, 7) is 9.67. The highest BCUT2D eigenvalue weighted by atomic mass is 16.2. The molecule has 0 unspecified atom stereocenters. The minimum atomic E-state index is 0.136. The van der Waals surface area contributed by atoms with Gasteiger partial charge in [0.15, 0.2) is 0 Å². The fourth-order valence-corrected chi connectivity index (χ4v) is 3.30. The molecule has 1 fully saturated rings. The van der Waals surface area contributed by atoms with E-state index in [2.05, 4.69) is 59.2 Å². The highest BCUT2D eigenvalue weighted by Crippen LogP contribution is 2.27. The van der Waals surface area contributed by atoms with E-state index in [0.717, 1.165) is 24.7 Å². The Balaban J connectivity index is 1.56. The largest absolute Gasteiger partial charge is 0.376 e. The zero-order valence-electron chi connectivity index (χ0n) is 15.8. The van der Waals surface area contributed by atoms with Gasteiger partial charge in [0.1, 0.15) is 0 Å². The molecule has 1 aliphatic heterocycles. The predicted octanol–water partition coefficient (Wildman–Crippen LogP) is 2.67. The van der Waals surface area contributed by atoms with Crippen LogP contribution in [-0.2, 0) is 4.79 Å². The van der Waals surface area contributed by atoms with Crippen LogP contribution in [0.15, 0.2) is 36.7 Å². The van der Waals surface area contributed by atoms with Crippen molar-refractivity contribution >= 4 is 17.5 Å². The molecule has 1 aromatic heterocycles. The van der Waals surface area contributed by atoms with Crippen molar-refractivity contribution in [2.75, 3.05) is 42.9 Å². The van der Waals surface area contributed by atoms with Crippen molar-refractivity contribution in [1.29, 1.82) is 0 Å². The second-order valence-corrected chi connectivity index (χ2v) is 6.96. The first-order chi connectivity index (χ1) is 12.6. The van der Waals surface area contributed by atoms with Crippen molar-refractivity contribution in [3.05, 3.63) is 47.8 Å². The molecule has 0 spiro atoms. The molecule has 2 heterocycles. The second kappa shape index (κ2) is 8.17. The normalized spacial score (nSPS) is 14.6. The third-order valence-electron chi connectivity index (χ3n) is 4.81. The summed E-state index contributed by atoms with van der Waals surface area (Å²) in [7, 11) is 0. The van der Waals surface area contributed by atoms with Gasteiger partial charge in [0, 0.05) is 44.3 Å². The summed E-state index contributed by atoms with van der Waals surface area (Å²) < 4.78 is 0. The lowest BCUT2D eigenvalue weighted by atomic mass is 9.98. The maximum Gasteiger partial charge on any atom is 0.241 e. The molecule has 1 aliphatic rings. The van der Waals surface area contributed by atoms with Gasteiger partial charge in [-0.15, -0.1) is 0 Å². The molecule has 0 aliphatic carbocycles. The Labute approximate surface area is 155 Å². The van der Waals surface area contributed by atoms with Gasteiger partial charge >= 0.3 is 0 Å². The van der Waals surface area contributed by atoms with E-state index in [4.69, 9.17) is 0 Å². The van der Waals surface area contributed by atoms with E-state index in [1.165, 1.54) is 11.1 Å². The molecule has 1 amide bonds. The van der Waals surface area contributed by atoms with Crippen molar-refractivity contribution in [1.82, 2.24) is 14.9 Å². The number of aryl methyl sites for hydroxylation is 1. The quantitative estimate of drug-likeness (QED) is 0.895. The minimum absolute atomic E-state index is 0.136. The van der Waals surface area contributed by atoms with Crippen LogP contribution >= 0.6 is 0 Å². The van der Waals surface area contributed by atoms with E-state index in [-0.39, 0.29) is 5.91 Å². The fourth-order valence-electron chi connectivity index (χ4n) is 3.30. The maximum atomic E-state index is 12.6. The number of amides is 1. The molecule has 138 valence electrons. The number of piperazine rings is 1. The van der Waals surface area contributed by atoms with Crippen molar-refractivity contribution in [3.63, 3.8) is 0 Å². The molecular weight excluding hydrogens is 326 g/mol. The summed E-state index contributed by atoms with van der Waals surface area (Å²) in [5, 5.41) is 3.37. The van der Waals surface area contributed by atoms with Crippen LogP contribution < -0.4 is 10.2 Å². The lowest BCUT2D eigenvalue weighted by Crippen LogP contribution is -2.50. The van der Waals surface area contributed by atoms with E-state index in [0.29, 0.717) is 25.6 Å². The number of anilines is 2. The zero-order chi connectivity index (χ0) is 18.5. The lowest BCUT2D eigenvalue weighted by Gasteiger charge is -2.34. The van der Waals surface area contributed by atoms with Gasteiger partial charge in [0.05, 0.1) is 6.54 Å². The molecule has 3 rings (SSSR count). The number of aromatic nitrogens is 2. The number of hydrogen-bond donors (Lipinski definition) is 1. The summed E-state index contributed by atoms with van der Waals surface area (Å²) in [6, 6.07) is 8.09. The number of nitrogens with zero attached hydrogens (tertiary/aromatic N) is 4. The number of hydrogen-bond acceptors (Lipinski definition) is 5. The van der Waals surface area contributed by atoms with Crippen LogP contribution in [0.3, 0.4) is 0 Å². The second-order valence-electron chi connectivity index (χ2n) is 6.96. The van der Waals surface area contributed by atoms with Gasteiger partial charge in [-0.1, -0.05) is 32.0 Å². The van der Waals surface area contributed by atoms with Crippen LogP contribution in [0.5, 0.6) is 0 Å². The fraction of sp³-hybridized carbons (Fsp3) is 0.450. The average molecular weight is 353 g/mol. The first-order valence-corrected chi connectivity index (χ1v) is 9.19. The Bertz CT molecular complexity index is 739. The van der Waals surface area contributed by atoms with Crippen LogP contribution in [0.1, 0.15) is 30.9 Å². The number of carbonyl (C=O) groups is 1. The first kappa shape index (κ1) is 18.2. The van der Waals surface area contributed by atoms with Crippen LogP contribution in [-0.4, -0.2) is 53.5 Å². The van der Waals surface area contributed by atoms with Gasteiger partial charge in [-0.25, -0.2) is 9.97 Å². The smallest absolute Gasteiger partial charge is 0.241 e. The molecule has 0 bridgehead atoms. The highest BCUT2D eigenvalue weighted by Gasteiger charge is 2.22. The van der Waals surface area contributed by atoms with Crippen molar-refractivity contribution < 1.29 is 4.79 Å². The van der Waals surface area contributed by atoms with Gasteiger partial charge in [-0.3, -0.25) is 4.79 Å². The number of carbonyl (C=O) groups excluding carboxylic acids is 1. The Morgan fingerprint density at radius 3 is 2.46 bits per heavy atom. The van der Waals surface area contributed by atoms with Gasteiger partial charge in [-0.2, -0.15) is 0 Å². The maximum absolute atomic E-state index is 12.6. The van der Waals surface area contributed by atoms with E-state index in [1.807, 2.05) is 11.0 Å². The SMILES string of the molecule is Cc1cccc(C(C)C)c1NCC(=O)N1CCN(c2ncccn2)CC1. The van der Waals surface area contributed by atoms with Gasteiger partial charge in [-0.05, 0) is 30.0 Å². The predicted molar refractivity (Wildman–Crippen MR) is 105 cm³/mol. The van der Waals surface area contributed by atoms with Crippen LogP contribution in [0.2, 0.25) is 0 Å². The van der Waals surface area contributed by atoms with Crippen LogP contribution in [0.25, 0.3) is 0 Å². The van der Waals surface area contributed by atoms with Crippen molar-refractivity contribution in [2.24, 2.45) is 0 Å². The average Bonchev–Trinajstić information content (AvgIpc) is 2.67. The van der Waals surface area contributed by atoms with Crippen LogP contribution in [0.4, 0.5) is 11.6 Å². The molecule has 6 nitrogen and oxygen atoms in total. The standard InChI is InChI=1S/C20H27N5O/c1-15(2)17-7-4-6-16(3)19(17)23-14-18(26)24-10-12-25(13-11-24)20-21-8-5-9-22-20/h4-9,15,23H,10-14H2,1-3H3. The summed E-state index contributed by atoms with van der Waals surface area (Å²) in [5.41, 5.74) is 3.52.